The third-order valence-electron chi connectivity index (χ3n) is 8.01. The fourth-order valence-electron chi connectivity index (χ4n) is 6.36. The Hall–Kier alpha value is -2.38. The van der Waals surface area contributed by atoms with Crippen molar-refractivity contribution in [2.24, 2.45) is 16.3 Å². The van der Waals surface area contributed by atoms with E-state index >= 15 is 0 Å². The van der Waals surface area contributed by atoms with Crippen LogP contribution < -0.4 is 0 Å². The maximum Gasteiger partial charge on any atom is 0.311 e. The van der Waals surface area contributed by atoms with E-state index in [2.05, 4.69) is 45.8 Å². The summed E-state index contributed by atoms with van der Waals surface area (Å²) in [6.45, 7) is 4.37. The molecule has 1 aromatic heterocycles. The van der Waals surface area contributed by atoms with E-state index in [0.29, 0.717) is 16.5 Å². The van der Waals surface area contributed by atoms with Crippen LogP contribution in [0.15, 0.2) is 33.7 Å². The molecule has 2 N–H and O–H groups in total. The van der Waals surface area contributed by atoms with Crippen LogP contribution in [0, 0.1) is 11.3 Å². The quantitative estimate of drug-likeness (QED) is 0.287. The normalized spacial score (nSPS) is 26.4. The number of rotatable bonds is 3. The van der Waals surface area contributed by atoms with Crippen LogP contribution in [0.1, 0.15) is 56.2 Å². The van der Waals surface area contributed by atoms with Gasteiger partial charge in [-0.2, -0.15) is 0 Å². The first-order valence-corrected chi connectivity index (χ1v) is 12.7. The number of phenolic OH excluding ortho intramolecular Hbond substituents is 1. The van der Waals surface area contributed by atoms with E-state index in [1.54, 1.807) is 24.4 Å². The molecule has 3 atom stereocenters. The molecule has 0 bridgehead atoms. The van der Waals surface area contributed by atoms with E-state index in [-0.39, 0.29) is 23.1 Å². The van der Waals surface area contributed by atoms with Gasteiger partial charge in [0.15, 0.2) is 0 Å². The molecule has 0 radical (unpaired) electrons. The molecule has 0 unspecified atom stereocenters. The third kappa shape index (κ3) is 3.55. The van der Waals surface area contributed by atoms with Gasteiger partial charge in [-0.3, -0.25) is 4.79 Å². The topological polar surface area (TPSA) is 87.6 Å². The van der Waals surface area contributed by atoms with Crippen LogP contribution in [-0.2, 0) is 21.4 Å². The number of H-pyrrole nitrogens is 1. The van der Waals surface area contributed by atoms with E-state index in [9.17, 15) is 9.90 Å². The molecule has 1 saturated carbocycles. The zero-order chi connectivity index (χ0) is 24.3. The summed E-state index contributed by atoms with van der Waals surface area (Å²) in [5, 5.41) is 10.6. The van der Waals surface area contributed by atoms with E-state index in [0.717, 1.165) is 47.6 Å². The van der Waals surface area contributed by atoms with Gasteiger partial charge in [0, 0.05) is 21.3 Å². The van der Waals surface area contributed by atoms with Crippen molar-refractivity contribution < 1.29 is 14.6 Å². The minimum absolute atomic E-state index is 0.102. The number of aryl methyl sites for hydroxylation is 1. The average molecular weight is 545 g/mol. The second kappa shape index (κ2) is 8.38. The monoisotopic (exact) mass is 543 g/mol. The lowest BCUT2D eigenvalue weighted by Crippen LogP contribution is -2.52. The number of methoxy groups -OCH3 is 1. The Labute approximate surface area is 211 Å². The number of nitrogens with one attached hydrogen (secondary N) is 1. The summed E-state index contributed by atoms with van der Waals surface area (Å²) in [6.07, 6.45) is 6.20. The average Bonchev–Trinajstić information content (AvgIpc) is 3.25. The van der Waals surface area contributed by atoms with Crippen LogP contribution in [0.5, 0.6) is 5.75 Å². The molecule has 6 nitrogen and oxygen atoms in total. The molecule has 2 aliphatic carbocycles. The van der Waals surface area contributed by atoms with Crippen molar-refractivity contribution >= 4 is 56.7 Å². The van der Waals surface area contributed by atoms with Gasteiger partial charge in [-0.15, -0.1) is 0 Å². The van der Waals surface area contributed by atoms with Crippen molar-refractivity contribution in [1.29, 1.82) is 0 Å². The molecule has 0 amide bonds. The van der Waals surface area contributed by atoms with Gasteiger partial charge in [-0.25, -0.2) is 9.98 Å². The zero-order valence-corrected chi connectivity index (χ0v) is 21.8. The van der Waals surface area contributed by atoms with E-state index in [4.69, 9.17) is 21.3 Å². The first-order valence-electron chi connectivity index (χ1n) is 11.5. The fraction of sp³-hybridized carbons (Fsp3) is 0.423. The summed E-state index contributed by atoms with van der Waals surface area (Å²) < 4.78 is 6.14. The molecule has 34 heavy (non-hydrogen) atoms. The Balaban J connectivity index is 1.58. The van der Waals surface area contributed by atoms with Crippen molar-refractivity contribution in [3.05, 3.63) is 50.5 Å². The molecule has 0 saturated heterocycles. The Morgan fingerprint density at radius 2 is 2.15 bits per heavy atom. The lowest BCUT2D eigenvalue weighted by Gasteiger charge is -2.54. The standard InChI is InChI=1S/C26H27BrClN3O3/c1-25-9-4-10-26(2,23(33)34-3)20(25)8-6-16-17(25)12-18(27)22-21(16)30-24(31-22)29-13-14-11-15(28)5-7-19(14)32/h5,7,11-13,20,32H,4,6,8-10H2,1-3H3,(H,30,31)/t20-,25-,26-/m1/s1. The molecular weight excluding hydrogens is 518 g/mol. The van der Waals surface area contributed by atoms with Crippen LogP contribution in [0.3, 0.4) is 0 Å². The molecule has 1 heterocycles. The lowest BCUT2D eigenvalue weighted by atomic mass is 9.50. The number of aliphatic imine (C=N–C) groups is 1. The molecule has 178 valence electrons. The number of halogens is 2. The third-order valence-corrected chi connectivity index (χ3v) is 8.85. The van der Waals surface area contributed by atoms with Crippen molar-refractivity contribution in [3.63, 3.8) is 0 Å². The molecule has 5 rings (SSSR count). The number of phenols is 1. The summed E-state index contributed by atoms with van der Waals surface area (Å²) in [6, 6.07) is 7.01. The zero-order valence-electron chi connectivity index (χ0n) is 19.4. The molecular formula is C26H27BrClN3O3. The number of fused-ring (bicyclic) bond motifs is 5. The van der Waals surface area contributed by atoms with Crippen molar-refractivity contribution in [2.45, 2.75) is 51.4 Å². The van der Waals surface area contributed by atoms with E-state index in [1.165, 1.54) is 18.2 Å². The predicted octanol–water partition coefficient (Wildman–Crippen LogP) is 6.62. The highest BCUT2D eigenvalue weighted by atomic mass is 79.9. The number of hydrogen-bond acceptors (Lipinski definition) is 5. The smallest absolute Gasteiger partial charge is 0.311 e. The fourth-order valence-corrected chi connectivity index (χ4v) is 7.06. The number of esters is 1. The Kier molecular flexibility index (Phi) is 5.76. The highest BCUT2D eigenvalue weighted by molar-refractivity contribution is 9.10. The van der Waals surface area contributed by atoms with Crippen molar-refractivity contribution in [2.75, 3.05) is 7.11 Å². The molecule has 0 aliphatic heterocycles. The van der Waals surface area contributed by atoms with Gasteiger partial charge >= 0.3 is 5.97 Å². The van der Waals surface area contributed by atoms with Crippen LogP contribution in [0.2, 0.25) is 5.02 Å². The Morgan fingerprint density at radius 1 is 1.35 bits per heavy atom. The van der Waals surface area contributed by atoms with Crippen LogP contribution >= 0.6 is 27.5 Å². The maximum absolute atomic E-state index is 12.8. The van der Waals surface area contributed by atoms with Gasteiger partial charge < -0.3 is 14.8 Å². The second-order valence-electron chi connectivity index (χ2n) is 9.90. The number of aromatic hydroxyl groups is 1. The van der Waals surface area contributed by atoms with Gasteiger partial charge in [0.2, 0.25) is 5.95 Å². The van der Waals surface area contributed by atoms with Crippen molar-refractivity contribution in [1.82, 2.24) is 9.97 Å². The highest BCUT2D eigenvalue weighted by Gasteiger charge is 2.56. The predicted molar refractivity (Wildman–Crippen MR) is 137 cm³/mol. The highest BCUT2D eigenvalue weighted by Crippen LogP contribution is 2.58. The van der Waals surface area contributed by atoms with Crippen molar-refractivity contribution in [3.8, 4) is 5.75 Å². The minimum atomic E-state index is -0.483. The summed E-state index contributed by atoms with van der Waals surface area (Å²) in [7, 11) is 1.49. The number of aromatic amines is 1. The van der Waals surface area contributed by atoms with Crippen LogP contribution in [-0.4, -0.2) is 34.4 Å². The number of aromatic nitrogens is 2. The first-order chi connectivity index (χ1) is 16.2. The van der Waals surface area contributed by atoms with E-state index in [1.807, 2.05) is 0 Å². The number of benzene rings is 2. The second-order valence-corrected chi connectivity index (χ2v) is 11.2. The number of ether oxygens (including phenoxy) is 1. The number of carbonyl (C=O) groups excluding carboxylic acids is 1. The Morgan fingerprint density at radius 3 is 2.91 bits per heavy atom. The van der Waals surface area contributed by atoms with Crippen LogP contribution in [0.4, 0.5) is 5.95 Å². The maximum atomic E-state index is 12.8. The van der Waals surface area contributed by atoms with Gasteiger partial charge in [0.1, 0.15) is 11.3 Å². The summed E-state index contributed by atoms with van der Waals surface area (Å²) in [4.78, 5) is 25.4. The number of carbonyl (C=O) groups is 1. The number of hydrogen-bond donors (Lipinski definition) is 2. The van der Waals surface area contributed by atoms with Gasteiger partial charge in [0.25, 0.3) is 0 Å². The summed E-state index contributed by atoms with van der Waals surface area (Å²) in [5.41, 5.74) is 4.21. The van der Waals surface area contributed by atoms with Gasteiger partial charge in [-0.05, 0) is 95.3 Å². The Bertz CT molecular complexity index is 1340. The molecule has 2 aliphatic rings. The molecule has 1 fully saturated rings. The van der Waals surface area contributed by atoms with Crippen LogP contribution in [0.25, 0.3) is 11.0 Å². The largest absolute Gasteiger partial charge is 0.507 e. The summed E-state index contributed by atoms with van der Waals surface area (Å²) >= 11 is 9.78. The van der Waals surface area contributed by atoms with Gasteiger partial charge in [-0.1, -0.05) is 24.9 Å². The molecule has 3 aromatic rings. The van der Waals surface area contributed by atoms with Gasteiger partial charge in [0.05, 0.1) is 18.0 Å². The number of imidazole rings is 1. The molecule has 8 heteroatoms. The molecule has 0 spiro atoms. The SMILES string of the molecule is COC(=O)[C@]1(C)CCC[C@]2(C)c3cc(Br)c4nc(N=Cc5cc(Cl)ccc5O)[nH]c4c3CC[C@@H]12. The van der Waals surface area contributed by atoms with E-state index < -0.39 is 5.41 Å². The summed E-state index contributed by atoms with van der Waals surface area (Å²) in [5.74, 6) is 0.672. The first kappa shape index (κ1) is 23.4. The molecule has 2 aromatic carbocycles. The lowest BCUT2D eigenvalue weighted by molar-refractivity contribution is -0.161. The number of nitrogens with zero attached hydrogens (tertiary/aromatic N) is 2. The minimum Gasteiger partial charge on any atom is -0.507 e.